The quantitative estimate of drug-likeness (QED) is 0.852. The molecule has 8 heteroatoms. The number of rotatable bonds is 2. The van der Waals surface area contributed by atoms with Crippen LogP contribution < -0.4 is 16.0 Å². The third kappa shape index (κ3) is 2.96. The molecule has 26 heavy (non-hydrogen) atoms. The van der Waals surface area contributed by atoms with E-state index in [1.54, 1.807) is 19.1 Å². The Morgan fingerprint density at radius 2 is 2.08 bits per heavy atom. The first kappa shape index (κ1) is 16.7. The van der Waals surface area contributed by atoms with Crippen LogP contribution in [0.3, 0.4) is 0 Å². The van der Waals surface area contributed by atoms with Crippen molar-refractivity contribution in [3.63, 3.8) is 0 Å². The molecular formula is C18H20FN5O2. The zero-order chi connectivity index (χ0) is 18.3. The molecule has 2 aromatic rings. The summed E-state index contributed by atoms with van der Waals surface area (Å²) in [5.41, 5.74) is 8.30. The van der Waals surface area contributed by atoms with Gasteiger partial charge >= 0.3 is 0 Å². The summed E-state index contributed by atoms with van der Waals surface area (Å²) in [6, 6.07) is 4.85. The first-order chi connectivity index (χ1) is 12.5. The van der Waals surface area contributed by atoms with E-state index in [-0.39, 0.29) is 24.1 Å². The van der Waals surface area contributed by atoms with Gasteiger partial charge in [-0.1, -0.05) is 12.1 Å². The van der Waals surface area contributed by atoms with Crippen molar-refractivity contribution in [1.29, 1.82) is 0 Å². The number of carbonyl (C=O) groups excluding carboxylic acids is 1. The molecule has 0 aliphatic carbocycles. The molecule has 0 radical (unpaired) electrons. The predicted octanol–water partition coefficient (Wildman–Crippen LogP) is 1.82. The van der Waals surface area contributed by atoms with Gasteiger partial charge in [-0.25, -0.2) is 4.39 Å². The van der Waals surface area contributed by atoms with Gasteiger partial charge in [0.05, 0.1) is 13.2 Å². The molecule has 1 atom stereocenters. The Hall–Kier alpha value is -2.74. The van der Waals surface area contributed by atoms with Gasteiger partial charge in [0.25, 0.3) is 0 Å². The molecule has 2 aliphatic rings. The molecule has 2 aliphatic heterocycles. The molecule has 1 saturated heterocycles. The molecule has 1 amide bonds. The molecule has 1 unspecified atom stereocenters. The molecule has 1 fully saturated rings. The first-order valence-corrected chi connectivity index (χ1v) is 8.59. The van der Waals surface area contributed by atoms with Gasteiger partial charge in [0.1, 0.15) is 17.5 Å². The number of nitrogens with two attached hydrogens (primary N) is 1. The normalized spacial score (nSPS) is 19.8. The summed E-state index contributed by atoms with van der Waals surface area (Å²) in [5, 5.41) is 2.80. The van der Waals surface area contributed by atoms with Crippen LogP contribution in [0.15, 0.2) is 18.2 Å². The summed E-state index contributed by atoms with van der Waals surface area (Å²) in [5.74, 6) is 0.542. The SMILES string of the molecule is Cc1cc(C2CC(=O)Nc3nc(N4CCOCC4)nc(N)c32)ccc1F. The maximum atomic E-state index is 13.6. The number of benzene rings is 1. The smallest absolute Gasteiger partial charge is 0.229 e. The van der Waals surface area contributed by atoms with Crippen molar-refractivity contribution in [2.45, 2.75) is 19.3 Å². The molecule has 1 aromatic carbocycles. The summed E-state index contributed by atoms with van der Waals surface area (Å²) in [7, 11) is 0. The van der Waals surface area contributed by atoms with Gasteiger partial charge in [0, 0.05) is 31.0 Å². The minimum atomic E-state index is -0.295. The van der Waals surface area contributed by atoms with Gasteiger partial charge < -0.3 is 20.7 Å². The molecule has 7 nitrogen and oxygen atoms in total. The van der Waals surface area contributed by atoms with E-state index in [0.717, 1.165) is 5.56 Å². The second-order valence-electron chi connectivity index (χ2n) is 6.58. The van der Waals surface area contributed by atoms with E-state index in [1.165, 1.54) is 6.07 Å². The number of morpholine rings is 1. The fourth-order valence-electron chi connectivity index (χ4n) is 3.46. The molecule has 3 N–H and O–H groups in total. The summed E-state index contributed by atoms with van der Waals surface area (Å²) in [4.78, 5) is 23.2. The van der Waals surface area contributed by atoms with Crippen molar-refractivity contribution < 1.29 is 13.9 Å². The summed E-state index contributed by atoms with van der Waals surface area (Å²) < 4.78 is 19.0. The third-order valence-electron chi connectivity index (χ3n) is 4.84. The number of ether oxygens (including phenoxy) is 1. The van der Waals surface area contributed by atoms with E-state index < -0.39 is 0 Å². The van der Waals surface area contributed by atoms with E-state index >= 15 is 0 Å². The number of aryl methyl sites for hydroxylation is 1. The summed E-state index contributed by atoms with van der Waals surface area (Å²) in [6.45, 7) is 4.25. The number of hydrogen-bond acceptors (Lipinski definition) is 6. The molecule has 136 valence electrons. The Morgan fingerprint density at radius 3 is 2.81 bits per heavy atom. The molecule has 3 heterocycles. The van der Waals surface area contributed by atoms with Crippen LogP contribution >= 0.6 is 0 Å². The number of amides is 1. The Bertz CT molecular complexity index is 867. The number of nitrogens with one attached hydrogen (secondary N) is 1. The fourth-order valence-corrected chi connectivity index (χ4v) is 3.46. The maximum absolute atomic E-state index is 13.6. The number of aromatic nitrogens is 2. The number of halogens is 1. The number of carbonyl (C=O) groups is 1. The Balaban J connectivity index is 1.77. The molecule has 0 bridgehead atoms. The molecule has 0 spiro atoms. The van der Waals surface area contributed by atoms with Gasteiger partial charge in [-0.2, -0.15) is 9.97 Å². The van der Waals surface area contributed by atoms with Crippen molar-refractivity contribution in [3.8, 4) is 0 Å². The number of nitrogen functional groups attached to an aromatic ring is 1. The van der Waals surface area contributed by atoms with Gasteiger partial charge in [-0.15, -0.1) is 0 Å². The lowest BCUT2D eigenvalue weighted by molar-refractivity contribution is -0.116. The lowest BCUT2D eigenvalue weighted by Gasteiger charge is -2.30. The van der Waals surface area contributed by atoms with Crippen LogP contribution in [0.1, 0.15) is 29.0 Å². The van der Waals surface area contributed by atoms with Crippen LogP contribution in [0.25, 0.3) is 0 Å². The highest BCUT2D eigenvalue weighted by molar-refractivity contribution is 5.95. The molecule has 4 rings (SSSR count). The fraction of sp³-hybridized carbons (Fsp3) is 0.389. The van der Waals surface area contributed by atoms with E-state index in [1.807, 2.05) is 4.90 Å². The zero-order valence-electron chi connectivity index (χ0n) is 14.5. The van der Waals surface area contributed by atoms with E-state index in [9.17, 15) is 9.18 Å². The zero-order valence-corrected chi connectivity index (χ0v) is 14.5. The minimum Gasteiger partial charge on any atom is -0.383 e. The maximum Gasteiger partial charge on any atom is 0.229 e. The van der Waals surface area contributed by atoms with E-state index in [2.05, 4.69) is 15.3 Å². The van der Waals surface area contributed by atoms with Crippen LogP contribution in [-0.2, 0) is 9.53 Å². The molecule has 1 aromatic heterocycles. The Labute approximate surface area is 150 Å². The van der Waals surface area contributed by atoms with Crippen LogP contribution in [0.4, 0.5) is 22.0 Å². The minimum absolute atomic E-state index is 0.143. The van der Waals surface area contributed by atoms with Crippen LogP contribution in [-0.4, -0.2) is 42.2 Å². The first-order valence-electron chi connectivity index (χ1n) is 8.59. The monoisotopic (exact) mass is 357 g/mol. The topological polar surface area (TPSA) is 93.4 Å². The number of hydrogen-bond donors (Lipinski definition) is 2. The van der Waals surface area contributed by atoms with Crippen molar-refractivity contribution in [2.24, 2.45) is 0 Å². The number of fused-ring (bicyclic) bond motifs is 1. The van der Waals surface area contributed by atoms with E-state index in [4.69, 9.17) is 10.5 Å². The average Bonchev–Trinajstić information content (AvgIpc) is 2.63. The average molecular weight is 357 g/mol. The second-order valence-corrected chi connectivity index (χ2v) is 6.58. The van der Waals surface area contributed by atoms with Crippen LogP contribution in [0, 0.1) is 12.7 Å². The standard InChI is InChI=1S/C18H20FN5O2/c1-10-8-11(2-3-13(10)19)12-9-14(25)21-17-15(12)16(20)22-18(23-17)24-4-6-26-7-5-24/h2-3,8,12H,4-7,9H2,1H3,(H3,20,21,22,23,25). The highest BCUT2D eigenvalue weighted by Crippen LogP contribution is 2.40. The molecular weight excluding hydrogens is 337 g/mol. The van der Waals surface area contributed by atoms with E-state index in [0.29, 0.717) is 55.0 Å². The lowest BCUT2D eigenvalue weighted by Crippen LogP contribution is -2.38. The Morgan fingerprint density at radius 1 is 1.31 bits per heavy atom. The largest absolute Gasteiger partial charge is 0.383 e. The molecule has 0 saturated carbocycles. The van der Waals surface area contributed by atoms with Crippen molar-refractivity contribution in [1.82, 2.24) is 9.97 Å². The number of anilines is 3. The van der Waals surface area contributed by atoms with Crippen molar-refractivity contribution >= 4 is 23.5 Å². The van der Waals surface area contributed by atoms with Crippen molar-refractivity contribution in [3.05, 3.63) is 40.7 Å². The second kappa shape index (κ2) is 6.53. The Kier molecular flexibility index (Phi) is 4.20. The van der Waals surface area contributed by atoms with Crippen LogP contribution in [0.5, 0.6) is 0 Å². The van der Waals surface area contributed by atoms with Crippen molar-refractivity contribution in [2.75, 3.05) is 42.3 Å². The van der Waals surface area contributed by atoms with Gasteiger partial charge in [-0.3, -0.25) is 4.79 Å². The summed E-state index contributed by atoms with van der Waals surface area (Å²) >= 11 is 0. The van der Waals surface area contributed by atoms with Gasteiger partial charge in [0.2, 0.25) is 11.9 Å². The summed E-state index contributed by atoms with van der Waals surface area (Å²) in [6.07, 6.45) is 0.225. The third-order valence-corrected chi connectivity index (χ3v) is 4.84. The lowest BCUT2D eigenvalue weighted by atomic mass is 9.85. The number of nitrogens with zero attached hydrogens (tertiary/aromatic N) is 3. The highest BCUT2D eigenvalue weighted by Gasteiger charge is 2.32. The van der Waals surface area contributed by atoms with Crippen LogP contribution in [0.2, 0.25) is 0 Å². The van der Waals surface area contributed by atoms with Gasteiger partial charge in [0.15, 0.2) is 0 Å². The highest BCUT2D eigenvalue weighted by atomic mass is 19.1. The predicted molar refractivity (Wildman–Crippen MR) is 95.7 cm³/mol. The van der Waals surface area contributed by atoms with Gasteiger partial charge in [-0.05, 0) is 24.1 Å².